The van der Waals surface area contributed by atoms with Crippen LogP contribution in [-0.2, 0) is 6.54 Å². The van der Waals surface area contributed by atoms with Gasteiger partial charge in [-0.2, -0.15) is 0 Å². The van der Waals surface area contributed by atoms with Gasteiger partial charge in [-0.05, 0) is 51.4 Å². The summed E-state index contributed by atoms with van der Waals surface area (Å²) in [6.07, 6.45) is 4.41. The van der Waals surface area contributed by atoms with E-state index < -0.39 is 0 Å². The summed E-state index contributed by atoms with van der Waals surface area (Å²) >= 11 is 0. The Labute approximate surface area is 169 Å². The lowest BCUT2D eigenvalue weighted by atomic mass is 10.2. The molecule has 142 valence electrons. The number of aliphatic imine (C=N–C) groups is 1. The fourth-order valence-corrected chi connectivity index (χ4v) is 3.24. The minimum absolute atomic E-state index is 0. The molecule has 25 heavy (non-hydrogen) atoms. The molecule has 1 aromatic heterocycles. The fraction of sp³-hybridized carbons (Fsp3) is 0.667. The third-order valence-electron chi connectivity index (χ3n) is 4.75. The van der Waals surface area contributed by atoms with Crippen LogP contribution in [-0.4, -0.2) is 54.6 Å². The summed E-state index contributed by atoms with van der Waals surface area (Å²) in [6.45, 7) is 12.2. The van der Waals surface area contributed by atoms with Gasteiger partial charge in [0.15, 0.2) is 5.96 Å². The van der Waals surface area contributed by atoms with Gasteiger partial charge >= 0.3 is 0 Å². The molecule has 1 atom stereocenters. The van der Waals surface area contributed by atoms with Gasteiger partial charge in [0.2, 0.25) is 0 Å². The number of nitrogens with two attached hydrogens (primary N) is 1. The first-order valence-electron chi connectivity index (χ1n) is 9.15. The van der Waals surface area contributed by atoms with E-state index in [-0.39, 0.29) is 24.0 Å². The number of rotatable bonds is 8. The molecule has 1 fully saturated rings. The van der Waals surface area contributed by atoms with E-state index in [0.29, 0.717) is 18.5 Å². The SMILES string of the molecule is CCN(CC)c1ccc(CN=C(N)NCC2CCCN2CC)cn1.I. The summed E-state index contributed by atoms with van der Waals surface area (Å²) in [5, 5.41) is 3.26. The monoisotopic (exact) mass is 460 g/mol. The molecule has 1 aliphatic rings. The number of aromatic nitrogens is 1. The number of nitrogens with one attached hydrogen (secondary N) is 1. The van der Waals surface area contributed by atoms with Crippen LogP contribution >= 0.6 is 24.0 Å². The van der Waals surface area contributed by atoms with Crippen molar-refractivity contribution in [3.05, 3.63) is 23.9 Å². The number of halogens is 1. The summed E-state index contributed by atoms with van der Waals surface area (Å²) in [7, 11) is 0. The molecule has 0 bridgehead atoms. The van der Waals surface area contributed by atoms with Crippen molar-refractivity contribution in [3.63, 3.8) is 0 Å². The summed E-state index contributed by atoms with van der Waals surface area (Å²) in [4.78, 5) is 13.7. The Morgan fingerprint density at radius 1 is 1.36 bits per heavy atom. The summed E-state index contributed by atoms with van der Waals surface area (Å²) in [5.41, 5.74) is 7.08. The number of hydrogen-bond acceptors (Lipinski definition) is 4. The summed E-state index contributed by atoms with van der Waals surface area (Å²) in [5.74, 6) is 1.53. The molecule has 1 aromatic rings. The molecule has 1 saturated heterocycles. The standard InChI is InChI=1S/C18H32N6.HI/c1-4-23(5-2)17-10-9-15(12-20-17)13-21-18(19)22-14-16-8-7-11-24(16)6-3;/h9-10,12,16H,4-8,11,13-14H2,1-3H3,(H3,19,21,22);1H. The maximum atomic E-state index is 6.00. The van der Waals surface area contributed by atoms with Crippen molar-refractivity contribution in [2.24, 2.45) is 10.7 Å². The highest BCUT2D eigenvalue weighted by Crippen LogP contribution is 2.15. The van der Waals surface area contributed by atoms with Gasteiger partial charge in [0.05, 0.1) is 6.54 Å². The van der Waals surface area contributed by atoms with E-state index in [0.717, 1.165) is 37.6 Å². The van der Waals surface area contributed by atoms with Gasteiger partial charge in [0.1, 0.15) is 5.82 Å². The van der Waals surface area contributed by atoms with E-state index in [1.807, 2.05) is 6.20 Å². The predicted octanol–water partition coefficient (Wildman–Crippen LogP) is 2.43. The Morgan fingerprint density at radius 2 is 2.12 bits per heavy atom. The highest BCUT2D eigenvalue weighted by molar-refractivity contribution is 14.0. The molecule has 0 amide bonds. The molecule has 3 N–H and O–H groups in total. The fourth-order valence-electron chi connectivity index (χ4n) is 3.24. The Hall–Kier alpha value is -1.09. The van der Waals surface area contributed by atoms with Crippen LogP contribution in [0.25, 0.3) is 0 Å². The highest BCUT2D eigenvalue weighted by Gasteiger charge is 2.22. The van der Waals surface area contributed by atoms with Crippen LogP contribution in [0.3, 0.4) is 0 Å². The molecular formula is C18H33IN6. The Balaban J connectivity index is 0.00000312. The molecule has 0 spiro atoms. The van der Waals surface area contributed by atoms with Gasteiger partial charge in [-0.15, -0.1) is 24.0 Å². The van der Waals surface area contributed by atoms with Crippen LogP contribution in [0.2, 0.25) is 0 Å². The van der Waals surface area contributed by atoms with Gasteiger partial charge in [-0.1, -0.05) is 13.0 Å². The molecule has 0 aliphatic carbocycles. The molecule has 6 nitrogen and oxygen atoms in total. The smallest absolute Gasteiger partial charge is 0.188 e. The number of guanidine groups is 1. The lowest BCUT2D eigenvalue weighted by Crippen LogP contribution is -2.42. The van der Waals surface area contributed by atoms with E-state index in [9.17, 15) is 0 Å². The van der Waals surface area contributed by atoms with Crippen molar-refractivity contribution in [1.82, 2.24) is 15.2 Å². The largest absolute Gasteiger partial charge is 0.370 e. The third-order valence-corrected chi connectivity index (χ3v) is 4.75. The Bertz CT molecular complexity index is 515. The van der Waals surface area contributed by atoms with Gasteiger partial charge < -0.3 is 16.0 Å². The molecule has 2 heterocycles. The zero-order valence-corrected chi connectivity index (χ0v) is 18.1. The first-order chi connectivity index (χ1) is 11.7. The predicted molar refractivity (Wildman–Crippen MR) is 117 cm³/mol. The Morgan fingerprint density at radius 3 is 2.72 bits per heavy atom. The van der Waals surface area contributed by atoms with E-state index in [1.165, 1.54) is 19.4 Å². The number of likely N-dealkylation sites (N-methyl/N-ethyl adjacent to an activating group) is 1. The average Bonchev–Trinajstić information content (AvgIpc) is 3.08. The summed E-state index contributed by atoms with van der Waals surface area (Å²) in [6, 6.07) is 4.71. The quantitative estimate of drug-likeness (QED) is 0.354. The van der Waals surface area contributed by atoms with E-state index in [2.05, 4.69) is 58.0 Å². The minimum atomic E-state index is 0. The topological polar surface area (TPSA) is 69.8 Å². The van der Waals surface area contributed by atoms with Crippen LogP contribution in [0, 0.1) is 0 Å². The number of anilines is 1. The first-order valence-corrected chi connectivity index (χ1v) is 9.15. The zero-order chi connectivity index (χ0) is 17.4. The summed E-state index contributed by atoms with van der Waals surface area (Å²) < 4.78 is 0. The van der Waals surface area contributed by atoms with E-state index in [1.54, 1.807) is 0 Å². The van der Waals surface area contributed by atoms with Crippen molar-refractivity contribution < 1.29 is 0 Å². The average molecular weight is 460 g/mol. The highest BCUT2D eigenvalue weighted by atomic mass is 127. The lowest BCUT2D eigenvalue weighted by Gasteiger charge is -2.23. The number of pyridine rings is 1. The van der Waals surface area contributed by atoms with Crippen molar-refractivity contribution in [2.45, 2.75) is 46.2 Å². The van der Waals surface area contributed by atoms with Crippen molar-refractivity contribution in [1.29, 1.82) is 0 Å². The van der Waals surface area contributed by atoms with Gasteiger partial charge in [0.25, 0.3) is 0 Å². The molecule has 1 unspecified atom stereocenters. The molecular weight excluding hydrogens is 427 g/mol. The van der Waals surface area contributed by atoms with Crippen molar-refractivity contribution in [2.75, 3.05) is 37.6 Å². The van der Waals surface area contributed by atoms with Gasteiger partial charge in [-0.3, -0.25) is 4.90 Å². The number of nitrogens with zero attached hydrogens (tertiary/aromatic N) is 4. The van der Waals surface area contributed by atoms with E-state index in [4.69, 9.17) is 5.73 Å². The second-order valence-electron chi connectivity index (χ2n) is 6.20. The maximum absolute atomic E-state index is 6.00. The normalized spacial score (nSPS) is 18.0. The van der Waals surface area contributed by atoms with Crippen LogP contribution in [0.1, 0.15) is 39.2 Å². The first kappa shape index (κ1) is 22.0. The molecule has 1 aliphatic heterocycles. The van der Waals surface area contributed by atoms with Crippen molar-refractivity contribution >= 4 is 35.8 Å². The lowest BCUT2D eigenvalue weighted by molar-refractivity contribution is 0.267. The molecule has 0 saturated carbocycles. The Kier molecular flexibility index (Phi) is 10.1. The van der Waals surface area contributed by atoms with E-state index >= 15 is 0 Å². The second-order valence-corrected chi connectivity index (χ2v) is 6.20. The minimum Gasteiger partial charge on any atom is -0.370 e. The third kappa shape index (κ3) is 6.62. The van der Waals surface area contributed by atoms with Crippen LogP contribution in [0.4, 0.5) is 5.82 Å². The second kappa shape index (κ2) is 11.5. The van der Waals surface area contributed by atoms with Crippen molar-refractivity contribution in [3.8, 4) is 0 Å². The number of likely N-dealkylation sites (tertiary alicyclic amines) is 1. The van der Waals surface area contributed by atoms with Gasteiger partial charge in [-0.25, -0.2) is 9.98 Å². The molecule has 2 rings (SSSR count). The molecule has 0 radical (unpaired) electrons. The number of hydrogen-bond donors (Lipinski definition) is 2. The maximum Gasteiger partial charge on any atom is 0.188 e. The van der Waals surface area contributed by atoms with Crippen LogP contribution in [0.15, 0.2) is 23.3 Å². The molecule has 7 heteroatoms. The zero-order valence-electron chi connectivity index (χ0n) is 15.7. The van der Waals surface area contributed by atoms with Gasteiger partial charge in [0, 0.05) is 31.9 Å². The van der Waals surface area contributed by atoms with Crippen LogP contribution < -0.4 is 16.0 Å². The van der Waals surface area contributed by atoms with Crippen LogP contribution in [0.5, 0.6) is 0 Å². The molecule has 0 aromatic carbocycles.